The SMILES string of the molecule is ClCCNc1ccc(Cl)cn1. The van der Waals surface area contributed by atoms with Crippen LogP contribution >= 0.6 is 23.2 Å². The second kappa shape index (κ2) is 4.42. The summed E-state index contributed by atoms with van der Waals surface area (Å²) in [7, 11) is 0. The number of alkyl halides is 1. The Morgan fingerprint density at radius 2 is 2.27 bits per heavy atom. The van der Waals surface area contributed by atoms with E-state index in [2.05, 4.69) is 10.3 Å². The first-order valence-corrected chi connectivity index (χ1v) is 4.15. The molecule has 0 atom stereocenters. The van der Waals surface area contributed by atoms with Crippen LogP contribution in [0, 0.1) is 0 Å². The second-order valence-corrected chi connectivity index (χ2v) is 2.79. The first-order chi connectivity index (χ1) is 5.33. The molecule has 0 aromatic carbocycles. The molecule has 1 rings (SSSR count). The Kier molecular flexibility index (Phi) is 3.46. The molecule has 1 N–H and O–H groups in total. The average Bonchev–Trinajstić information content (AvgIpc) is 2.04. The lowest BCUT2D eigenvalue weighted by Gasteiger charge is -2.01. The second-order valence-electron chi connectivity index (χ2n) is 1.98. The summed E-state index contributed by atoms with van der Waals surface area (Å²) >= 11 is 11.1. The van der Waals surface area contributed by atoms with Gasteiger partial charge in [-0.05, 0) is 12.1 Å². The fourth-order valence-corrected chi connectivity index (χ4v) is 0.862. The van der Waals surface area contributed by atoms with Gasteiger partial charge in [0.2, 0.25) is 0 Å². The molecule has 60 valence electrons. The fourth-order valence-electron chi connectivity index (χ4n) is 0.656. The van der Waals surface area contributed by atoms with Crippen molar-refractivity contribution >= 4 is 29.0 Å². The van der Waals surface area contributed by atoms with Crippen LogP contribution in [-0.4, -0.2) is 17.4 Å². The van der Waals surface area contributed by atoms with Crippen molar-refractivity contribution in [1.82, 2.24) is 4.98 Å². The van der Waals surface area contributed by atoms with Crippen LogP contribution in [-0.2, 0) is 0 Å². The molecule has 0 unspecified atom stereocenters. The van der Waals surface area contributed by atoms with E-state index in [1.54, 1.807) is 12.3 Å². The lowest BCUT2D eigenvalue weighted by atomic mass is 10.4. The Morgan fingerprint density at radius 1 is 1.45 bits per heavy atom. The van der Waals surface area contributed by atoms with Crippen LogP contribution in [0.3, 0.4) is 0 Å². The predicted octanol–water partition coefficient (Wildman–Crippen LogP) is 2.39. The Hall–Kier alpha value is -0.470. The maximum Gasteiger partial charge on any atom is 0.126 e. The first-order valence-electron chi connectivity index (χ1n) is 3.24. The summed E-state index contributed by atoms with van der Waals surface area (Å²) in [6.07, 6.45) is 1.60. The number of rotatable bonds is 3. The van der Waals surface area contributed by atoms with E-state index in [0.717, 1.165) is 12.4 Å². The van der Waals surface area contributed by atoms with Crippen molar-refractivity contribution < 1.29 is 0 Å². The Labute approximate surface area is 75.5 Å². The molecule has 0 amide bonds. The van der Waals surface area contributed by atoms with Crippen molar-refractivity contribution in [3.8, 4) is 0 Å². The van der Waals surface area contributed by atoms with Crippen LogP contribution in [0.5, 0.6) is 0 Å². The van der Waals surface area contributed by atoms with Gasteiger partial charge in [-0.2, -0.15) is 0 Å². The third-order valence-electron chi connectivity index (χ3n) is 1.13. The highest BCUT2D eigenvalue weighted by Gasteiger charge is 1.90. The summed E-state index contributed by atoms with van der Waals surface area (Å²) in [6, 6.07) is 3.60. The van der Waals surface area contributed by atoms with Gasteiger partial charge in [-0.15, -0.1) is 11.6 Å². The van der Waals surface area contributed by atoms with Gasteiger partial charge in [0, 0.05) is 18.6 Å². The quantitative estimate of drug-likeness (QED) is 0.742. The van der Waals surface area contributed by atoms with Crippen molar-refractivity contribution in [2.24, 2.45) is 0 Å². The van der Waals surface area contributed by atoms with Gasteiger partial charge in [0.05, 0.1) is 5.02 Å². The molecular weight excluding hydrogens is 183 g/mol. The number of nitrogens with one attached hydrogen (secondary N) is 1. The molecule has 0 radical (unpaired) electrons. The molecule has 1 heterocycles. The minimum absolute atomic E-state index is 0.574. The van der Waals surface area contributed by atoms with Crippen molar-refractivity contribution in [3.05, 3.63) is 23.4 Å². The molecule has 0 bridgehead atoms. The smallest absolute Gasteiger partial charge is 0.126 e. The topological polar surface area (TPSA) is 24.9 Å². The number of halogens is 2. The van der Waals surface area contributed by atoms with E-state index in [1.165, 1.54) is 0 Å². The van der Waals surface area contributed by atoms with Gasteiger partial charge in [0.25, 0.3) is 0 Å². The third-order valence-corrected chi connectivity index (χ3v) is 1.54. The highest BCUT2D eigenvalue weighted by Crippen LogP contribution is 2.08. The van der Waals surface area contributed by atoms with Crippen molar-refractivity contribution in [2.45, 2.75) is 0 Å². The van der Waals surface area contributed by atoms with E-state index in [0.29, 0.717) is 10.9 Å². The summed E-state index contributed by atoms with van der Waals surface area (Å²) in [4.78, 5) is 4.01. The fraction of sp³-hybridized carbons (Fsp3) is 0.286. The molecule has 1 aromatic rings. The Balaban J connectivity index is 2.52. The van der Waals surface area contributed by atoms with Gasteiger partial charge in [-0.25, -0.2) is 4.98 Å². The van der Waals surface area contributed by atoms with Crippen LogP contribution in [0.4, 0.5) is 5.82 Å². The van der Waals surface area contributed by atoms with Crippen molar-refractivity contribution in [3.63, 3.8) is 0 Å². The summed E-state index contributed by atoms with van der Waals surface area (Å²) in [5.41, 5.74) is 0. The highest BCUT2D eigenvalue weighted by molar-refractivity contribution is 6.30. The molecule has 4 heteroatoms. The van der Waals surface area contributed by atoms with Crippen LogP contribution < -0.4 is 5.32 Å². The third kappa shape index (κ3) is 2.95. The van der Waals surface area contributed by atoms with Gasteiger partial charge in [0.15, 0.2) is 0 Å². The first kappa shape index (κ1) is 8.62. The number of aromatic nitrogens is 1. The normalized spacial score (nSPS) is 9.64. The minimum atomic E-state index is 0.574. The van der Waals surface area contributed by atoms with Gasteiger partial charge >= 0.3 is 0 Å². The van der Waals surface area contributed by atoms with E-state index >= 15 is 0 Å². The van der Waals surface area contributed by atoms with Gasteiger partial charge in [-0.1, -0.05) is 11.6 Å². The number of nitrogens with zero attached hydrogens (tertiary/aromatic N) is 1. The largest absolute Gasteiger partial charge is 0.369 e. The van der Waals surface area contributed by atoms with Crippen LogP contribution in [0.15, 0.2) is 18.3 Å². The number of pyridine rings is 1. The molecule has 0 saturated heterocycles. The zero-order chi connectivity index (χ0) is 8.10. The summed E-state index contributed by atoms with van der Waals surface area (Å²) in [6.45, 7) is 0.718. The molecule has 0 aliphatic carbocycles. The standard InChI is InChI=1S/C7H8Cl2N2/c8-3-4-10-7-2-1-6(9)5-11-7/h1-2,5H,3-4H2,(H,10,11). The molecule has 0 fully saturated rings. The highest BCUT2D eigenvalue weighted by atomic mass is 35.5. The molecule has 0 saturated carbocycles. The summed E-state index contributed by atoms with van der Waals surface area (Å²) < 4.78 is 0. The average molecular weight is 191 g/mol. The van der Waals surface area contributed by atoms with E-state index in [-0.39, 0.29) is 0 Å². The van der Waals surface area contributed by atoms with E-state index < -0.39 is 0 Å². The zero-order valence-electron chi connectivity index (χ0n) is 5.85. The van der Waals surface area contributed by atoms with Crippen molar-refractivity contribution in [1.29, 1.82) is 0 Å². The molecular formula is C7H8Cl2N2. The summed E-state index contributed by atoms with van der Waals surface area (Å²) in [5.74, 6) is 1.37. The maximum absolute atomic E-state index is 5.63. The van der Waals surface area contributed by atoms with Crippen LogP contribution in [0.1, 0.15) is 0 Å². The number of hydrogen-bond donors (Lipinski definition) is 1. The lowest BCUT2D eigenvalue weighted by molar-refractivity contribution is 1.17. The molecule has 0 aliphatic heterocycles. The minimum Gasteiger partial charge on any atom is -0.369 e. The van der Waals surface area contributed by atoms with E-state index in [1.807, 2.05) is 6.07 Å². The molecule has 2 nitrogen and oxygen atoms in total. The number of anilines is 1. The summed E-state index contributed by atoms with van der Waals surface area (Å²) in [5, 5.41) is 3.66. The van der Waals surface area contributed by atoms with Crippen LogP contribution in [0.2, 0.25) is 5.02 Å². The van der Waals surface area contributed by atoms with Gasteiger partial charge in [0.1, 0.15) is 5.82 Å². The Bertz CT molecular complexity index is 210. The predicted molar refractivity (Wildman–Crippen MR) is 48.5 cm³/mol. The molecule has 11 heavy (non-hydrogen) atoms. The van der Waals surface area contributed by atoms with E-state index in [4.69, 9.17) is 23.2 Å². The zero-order valence-corrected chi connectivity index (χ0v) is 7.36. The van der Waals surface area contributed by atoms with Crippen LogP contribution in [0.25, 0.3) is 0 Å². The molecule has 1 aromatic heterocycles. The van der Waals surface area contributed by atoms with Gasteiger partial charge < -0.3 is 5.32 Å². The Morgan fingerprint density at radius 3 is 2.82 bits per heavy atom. The number of hydrogen-bond acceptors (Lipinski definition) is 2. The molecule has 0 spiro atoms. The molecule has 0 aliphatic rings. The van der Waals surface area contributed by atoms with Crippen molar-refractivity contribution in [2.75, 3.05) is 17.7 Å². The van der Waals surface area contributed by atoms with E-state index in [9.17, 15) is 0 Å². The lowest BCUT2D eigenvalue weighted by Crippen LogP contribution is -2.03. The monoisotopic (exact) mass is 190 g/mol. The van der Waals surface area contributed by atoms with Gasteiger partial charge in [-0.3, -0.25) is 0 Å². The maximum atomic E-state index is 5.63.